The van der Waals surface area contributed by atoms with E-state index in [4.69, 9.17) is 0 Å². The summed E-state index contributed by atoms with van der Waals surface area (Å²) in [6.07, 6.45) is 1.05. The number of hydrogen-bond acceptors (Lipinski definition) is 2. The first kappa shape index (κ1) is 12.5. The Balaban J connectivity index is 2.85. The molecule has 0 unspecified atom stereocenters. The molecular weight excluding hydrogens is 188 g/mol. The number of rotatable bonds is 0. The molecule has 1 saturated heterocycles. The van der Waals surface area contributed by atoms with E-state index < -0.39 is 0 Å². The highest BCUT2D eigenvalue weighted by Gasteiger charge is 2.36. The van der Waals surface area contributed by atoms with E-state index in [0.29, 0.717) is 0 Å². The van der Waals surface area contributed by atoms with E-state index in [0.717, 1.165) is 26.1 Å². The Morgan fingerprint density at radius 1 is 1.33 bits per heavy atom. The molecule has 15 heavy (non-hydrogen) atoms. The van der Waals surface area contributed by atoms with Crippen LogP contribution in [0.15, 0.2) is 0 Å². The summed E-state index contributed by atoms with van der Waals surface area (Å²) < 4.78 is 0. The fraction of sp³-hybridized carbons (Fsp3) is 0.917. The van der Waals surface area contributed by atoms with Gasteiger partial charge >= 0.3 is 0 Å². The number of nitrogens with zero attached hydrogens (tertiary/aromatic N) is 1. The van der Waals surface area contributed by atoms with Gasteiger partial charge in [0.2, 0.25) is 5.91 Å². The van der Waals surface area contributed by atoms with Crippen LogP contribution in [0.4, 0.5) is 0 Å². The number of hydrogen-bond donors (Lipinski definition) is 1. The molecule has 1 aliphatic rings. The first-order chi connectivity index (χ1) is 6.75. The average Bonchev–Trinajstić information content (AvgIpc) is 2.23. The van der Waals surface area contributed by atoms with Crippen LogP contribution in [-0.4, -0.2) is 36.0 Å². The molecule has 0 aromatic heterocycles. The number of amides is 1. The van der Waals surface area contributed by atoms with Crippen molar-refractivity contribution in [3.63, 3.8) is 0 Å². The van der Waals surface area contributed by atoms with Gasteiger partial charge < -0.3 is 10.2 Å². The summed E-state index contributed by atoms with van der Waals surface area (Å²) in [6, 6.07) is 0. The average molecular weight is 212 g/mol. The van der Waals surface area contributed by atoms with Gasteiger partial charge in [0.25, 0.3) is 0 Å². The quantitative estimate of drug-likeness (QED) is 0.662. The molecule has 0 aromatic carbocycles. The summed E-state index contributed by atoms with van der Waals surface area (Å²) in [6.45, 7) is 13.0. The Hall–Kier alpha value is -0.570. The number of carbonyl (C=O) groups excluding carboxylic acids is 1. The second-order valence-electron chi connectivity index (χ2n) is 6.05. The zero-order chi connectivity index (χ0) is 11.7. The van der Waals surface area contributed by atoms with Gasteiger partial charge in [-0.05, 0) is 26.8 Å². The third-order valence-electron chi connectivity index (χ3n) is 2.91. The lowest BCUT2D eigenvalue weighted by Gasteiger charge is -2.40. The van der Waals surface area contributed by atoms with Crippen molar-refractivity contribution < 1.29 is 4.79 Å². The van der Waals surface area contributed by atoms with Gasteiger partial charge in [-0.25, -0.2) is 0 Å². The van der Waals surface area contributed by atoms with E-state index in [1.165, 1.54) is 0 Å². The molecule has 1 amide bonds. The molecule has 0 saturated carbocycles. The molecule has 1 aliphatic heterocycles. The summed E-state index contributed by atoms with van der Waals surface area (Å²) in [5.74, 6) is 0.260. The highest BCUT2D eigenvalue weighted by atomic mass is 16.2. The smallest absolute Gasteiger partial charge is 0.228 e. The van der Waals surface area contributed by atoms with E-state index in [1.54, 1.807) is 0 Å². The number of nitrogens with one attached hydrogen (secondary N) is 1. The molecule has 0 aromatic rings. The molecule has 0 aliphatic carbocycles. The van der Waals surface area contributed by atoms with Crippen LogP contribution in [-0.2, 0) is 4.79 Å². The molecular formula is C12H24N2O. The molecule has 0 spiro atoms. The Labute approximate surface area is 93.2 Å². The number of carbonyl (C=O) groups is 1. The largest absolute Gasteiger partial charge is 0.336 e. The minimum absolute atomic E-state index is 0.0686. The molecule has 1 fully saturated rings. The molecule has 1 rings (SSSR count). The van der Waals surface area contributed by atoms with Gasteiger partial charge in [-0.2, -0.15) is 0 Å². The lowest BCUT2D eigenvalue weighted by atomic mass is 9.91. The fourth-order valence-electron chi connectivity index (χ4n) is 1.94. The van der Waals surface area contributed by atoms with Gasteiger partial charge in [0, 0.05) is 24.0 Å². The third kappa shape index (κ3) is 2.94. The first-order valence-corrected chi connectivity index (χ1v) is 5.78. The van der Waals surface area contributed by atoms with E-state index in [-0.39, 0.29) is 16.9 Å². The molecule has 3 nitrogen and oxygen atoms in total. The molecule has 1 N–H and O–H groups in total. The summed E-state index contributed by atoms with van der Waals surface area (Å²) in [5.41, 5.74) is -0.345. The van der Waals surface area contributed by atoms with Gasteiger partial charge in [0.1, 0.15) is 0 Å². The Bertz CT molecular complexity index is 240. The maximum atomic E-state index is 12.3. The van der Waals surface area contributed by atoms with Crippen LogP contribution in [0.3, 0.4) is 0 Å². The van der Waals surface area contributed by atoms with E-state index in [9.17, 15) is 4.79 Å². The Kier molecular flexibility index (Phi) is 3.44. The minimum Gasteiger partial charge on any atom is -0.336 e. The van der Waals surface area contributed by atoms with E-state index in [2.05, 4.69) is 19.2 Å². The second kappa shape index (κ2) is 4.12. The van der Waals surface area contributed by atoms with Crippen LogP contribution in [0.25, 0.3) is 0 Å². The predicted molar refractivity (Wildman–Crippen MR) is 62.7 cm³/mol. The van der Waals surface area contributed by atoms with Gasteiger partial charge in [-0.1, -0.05) is 20.8 Å². The standard InChI is InChI=1S/C12H24N2O/c1-11(2,3)10(15)14-8-6-7-13-9-12(14,4)5/h13H,6-9H2,1-5H3. The maximum absolute atomic E-state index is 12.3. The summed E-state index contributed by atoms with van der Waals surface area (Å²) in [5, 5.41) is 3.38. The van der Waals surface area contributed by atoms with Crippen molar-refractivity contribution >= 4 is 5.91 Å². The van der Waals surface area contributed by atoms with E-state index >= 15 is 0 Å². The van der Waals surface area contributed by atoms with Crippen LogP contribution >= 0.6 is 0 Å². The van der Waals surface area contributed by atoms with Crippen molar-refractivity contribution in [1.29, 1.82) is 0 Å². The SMILES string of the molecule is CC(C)(C)C(=O)N1CCCNCC1(C)C. The molecule has 88 valence electrons. The monoisotopic (exact) mass is 212 g/mol. The van der Waals surface area contributed by atoms with Crippen LogP contribution in [0.2, 0.25) is 0 Å². The third-order valence-corrected chi connectivity index (χ3v) is 2.91. The van der Waals surface area contributed by atoms with Crippen molar-refractivity contribution in [2.75, 3.05) is 19.6 Å². The second-order valence-corrected chi connectivity index (χ2v) is 6.05. The fourth-order valence-corrected chi connectivity index (χ4v) is 1.94. The topological polar surface area (TPSA) is 32.3 Å². The highest BCUT2D eigenvalue weighted by Crippen LogP contribution is 2.25. The lowest BCUT2D eigenvalue weighted by Crippen LogP contribution is -2.54. The molecule has 3 heteroatoms. The van der Waals surface area contributed by atoms with Crippen molar-refractivity contribution in [2.24, 2.45) is 5.41 Å². The van der Waals surface area contributed by atoms with Crippen molar-refractivity contribution in [1.82, 2.24) is 10.2 Å². The molecule has 1 heterocycles. The molecule has 0 bridgehead atoms. The summed E-state index contributed by atoms with van der Waals surface area (Å²) in [7, 11) is 0. The van der Waals surface area contributed by atoms with Crippen molar-refractivity contribution in [2.45, 2.75) is 46.6 Å². The van der Waals surface area contributed by atoms with Crippen LogP contribution in [0.1, 0.15) is 41.0 Å². The Morgan fingerprint density at radius 2 is 1.93 bits per heavy atom. The van der Waals surface area contributed by atoms with E-state index in [1.807, 2.05) is 25.7 Å². The zero-order valence-corrected chi connectivity index (χ0v) is 10.7. The predicted octanol–water partition coefficient (Wildman–Crippen LogP) is 1.63. The summed E-state index contributed by atoms with van der Waals surface area (Å²) >= 11 is 0. The van der Waals surface area contributed by atoms with Gasteiger partial charge in [-0.15, -0.1) is 0 Å². The highest BCUT2D eigenvalue weighted by molar-refractivity contribution is 5.82. The molecule has 0 atom stereocenters. The molecule has 0 radical (unpaired) electrons. The van der Waals surface area contributed by atoms with Gasteiger partial charge in [-0.3, -0.25) is 4.79 Å². The Morgan fingerprint density at radius 3 is 2.47 bits per heavy atom. The maximum Gasteiger partial charge on any atom is 0.228 e. The summed E-state index contributed by atoms with van der Waals surface area (Å²) in [4.78, 5) is 14.3. The minimum atomic E-state index is -0.276. The van der Waals surface area contributed by atoms with Gasteiger partial charge in [0.15, 0.2) is 0 Å². The lowest BCUT2D eigenvalue weighted by molar-refractivity contribution is -0.144. The van der Waals surface area contributed by atoms with Crippen LogP contribution < -0.4 is 5.32 Å². The van der Waals surface area contributed by atoms with Crippen LogP contribution in [0, 0.1) is 5.41 Å². The normalized spacial score (nSPS) is 22.3. The van der Waals surface area contributed by atoms with Gasteiger partial charge in [0.05, 0.1) is 0 Å². The zero-order valence-electron chi connectivity index (χ0n) is 10.7. The first-order valence-electron chi connectivity index (χ1n) is 5.78. The van der Waals surface area contributed by atoms with Crippen molar-refractivity contribution in [3.05, 3.63) is 0 Å². The van der Waals surface area contributed by atoms with Crippen LogP contribution in [0.5, 0.6) is 0 Å². The van der Waals surface area contributed by atoms with Crippen molar-refractivity contribution in [3.8, 4) is 0 Å².